The van der Waals surface area contributed by atoms with Crippen LogP contribution in [0, 0.1) is 0 Å². The first-order valence-corrected chi connectivity index (χ1v) is 5.51. The van der Waals surface area contributed by atoms with Crippen LogP contribution in [-0.2, 0) is 4.79 Å². The van der Waals surface area contributed by atoms with Gasteiger partial charge in [0.2, 0.25) is 6.41 Å². The lowest BCUT2D eigenvalue weighted by atomic mass is 9.99. The lowest BCUT2D eigenvalue weighted by Gasteiger charge is -2.06. The summed E-state index contributed by atoms with van der Waals surface area (Å²) in [7, 11) is 0. The van der Waals surface area contributed by atoms with Crippen molar-refractivity contribution in [3.63, 3.8) is 0 Å². The number of amides is 1. The van der Waals surface area contributed by atoms with Gasteiger partial charge in [-0.3, -0.25) is 4.79 Å². The number of aliphatic imine (C=N–C) groups is 1. The maximum atomic E-state index is 10.3. The Kier molecular flexibility index (Phi) is 2.33. The fraction of sp³-hybridized carbons (Fsp3) is 0. The molecule has 0 aliphatic heterocycles. The minimum atomic E-state index is 0.248. The van der Waals surface area contributed by atoms with E-state index < -0.39 is 0 Å². The molecule has 86 valence electrons. The highest BCUT2D eigenvalue weighted by molar-refractivity contribution is 6.12. The molecule has 0 unspecified atom stereocenters. The maximum absolute atomic E-state index is 10.3. The van der Waals surface area contributed by atoms with Crippen LogP contribution in [0.2, 0.25) is 0 Å². The van der Waals surface area contributed by atoms with Gasteiger partial charge in [-0.25, -0.2) is 0 Å². The van der Waals surface area contributed by atoms with E-state index in [9.17, 15) is 9.90 Å². The van der Waals surface area contributed by atoms with Gasteiger partial charge in [0.25, 0.3) is 0 Å². The standard InChI is InChI=1S/C15H9NO2/c17-9-16-8-11-4-6-13-14(18)7-5-10-2-1-3-12(11)15(10)13/h1-7,9,18H. The van der Waals surface area contributed by atoms with Crippen LogP contribution < -0.4 is 5.22 Å². The number of aromatic hydroxyl groups is 1. The van der Waals surface area contributed by atoms with Gasteiger partial charge in [0.1, 0.15) is 5.75 Å². The van der Waals surface area contributed by atoms with E-state index in [1.807, 2.05) is 30.3 Å². The molecule has 3 rings (SSSR count). The molecule has 0 aromatic heterocycles. The van der Waals surface area contributed by atoms with Gasteiger partial charge in [-0.15, -0.1) is 0 Å². The molecule has 3 aromatic carbocycles. The van der Waals surface area contributed by atoms with E-state index >= 15 is 0 Å². The molecule has 1 N–H and O–H groups in total. The van der Waals surface area contributed by atoms with Crippen LogP contribution in [-0.4, -0.2) is 17.4 Å². The Hall–Kier alpha value is -2.64. The summed E-state index contributed by atoms with van der Waals surface area (Å²) in [5.41, 5.74) is 0. The van der Waals surface area contributed by atoms with Crippen molar-refractivity contribution in [1.29, 1.82) is 0 Å². The molecular formula is C15H9NO2. The SMILES string of the molecule is O=CN=C=c1ccc2c(O)ccc3cccc1c32. The third-order valence-corrected chi connectivity index (χ3v) is 3.01. The van der Waals surface area contributed by atoms with Crippen molar-refractivity contribution < 1.29 is 9.90 Å². The summed E-state index contributed by atoms with van der Waals surface area (Å²) in [5.74, 6) is 2.94. The summed E-state index contributed by atoms with van der Waals surface area (Å²) < 4.78 is 0. The first-order valence-electron chi connectivity index (χ1n) is 5.51. The van der Waals surface area contributed by atoms with Gasteiger partial charge in [-0.2, -0.15) is 4.99 Å². The molecule has 3 heteroatoms. The number of hydrogen-bond donors (Lipinski definition) is 1. The van der Waals surface area contributed by atoms with Crippen molar-refractivity contribution in [2.45, 2.75) is 0 Å². The molecular weight excluding hydrogens is 226 g/mol. The normalized spacial score (nSPS) is 10.4. The Morgan fingerprint density at radius 3 is 2.78 bits per heavy atom. The molecule has 1 amide bonds. The summed E-state index contributed by atoms with van der Waals surface area (Å²) in [6, 6.07) is 13.0. The molecule has 3 aromatic rings. The summed E-state index contributed by atoms with van der Waals surface area (Å²) in [5, 5.41) is 14.3. The average molecular weight is 235 g/mol. The largest absolute Gasteiger partial charge is 0.507 e. The zero-order chi connectivity index (χ0) is 12.5. The molecule has 0 aliphatic carbocycles. The number of rotatable bonds is 1. The van der Waals surface area contributed by atoms with E-state index in [0.29, 0.717) is 6.41 Å². The van der Waals surface area contributed by atoms with E-state index in [4.69, 9.17) is 0 Å². The second kappa shape index (κ2) is 3.99. The van der Waals surface area contributed by atoms with Crippen molar-refractivity contribution in [3.8, 4) is 5.75 Å². The fourth-order valence-corrected chi connectivity index (χ4v) is 2.24. The Morgan fingerprint density at radius 2 is 1.94 bits per heavy atom. The number of carbonyl (C=O) groups excluding carboxylic acids is 1. The molecule has 0 saturated carbocycles. The van der Waals surface area contributed by atoms with Gasteiger partial charge in [-0.05, 0) is 34.8 Å². The van der Waals surface area contributed by atoms with E-state index in [2.05, 4.69) is 10.9 Å². The summed E-state index contributed by atoms with van der Waals surface area (Å²) >= 11 is 0. The minimum absolute atomic E-state index is 0.248. The molecule has 0 atom stereocenters. The summed E-state index contributed by atoms with van der Waals surface area (Å²) in [4.78, 5) is 13.8. The van der Waals surface area contributed by atoms with Crippen molar-refractivity contribution in [1.82, 2.24) is 0 Å². The second-order valence-electron chi connectivity index (χ2n) is 4.00. The van der Waals surface area contributed by atoms with Crippen LogP contribution in [0.3, 0.4) is 0 Å². The molecule has 0 saturated heterocycles. The lowest BCUT2D eigenvalue weighted by molar-refractivity contribution is -0.106. The van der Waals surface area contributed by atoms with E-state index in [1.165, 1.54) is 0 Å². The Balaban J connectivity index is 2.64. The predicted molar refractivity (Wildman–Crippen MR) is 70.9 cm³/mol. The highest BCUT2D eigenvalue weighted by Crippen LogP contribution is 2.30. The third kappa shape index (κ3) is 1.46. The number of phenolic OH excluding ortho intramolecular Hbond substituents is 1. The number of nitrogens with zero attached hydrogens (tertiary/aromatic N) is 1. The minimum Gasteiger partial charge on any atom is -0.507 e. The molecule has 0 heterocycles. The monoisotopic (exact) mass is 235 g/mol. The summed E-state index contributed by atoms with van der Waals surface area (Å²) in [6.07, 6.45) is 0.457. The van der Waals surface area contributed by atoms with Gasteiger partial charge >= 0.3 is 0 Å². The Morgan fingerprint density at radius 1 is 1.06 bits per heavy atom. The molecule has 18 heavy (non-hydrogen) atoms. The number of benzene rings is 3. The quantitative estimate of drug-likeness (QED) is 0.517. The maximum Gasteiger partial charge on any atom is 0.241 e. The van der Waals surface area contributed by atoms with Gasteiger partial charge in [0.15, 0.2) is 0 Å². The molecule has 0 aliphatic rings. The molecule has 0 spiro atoms. The smallest absolute Gasteiger partial charge is 0.241 e. The Labute approximate surface area is 103 Å². The van der Waals surface area contributed by atoms with Gasteiger partial charge < -0.3 is 5.11 Å². The number of phenols is 1. The first-order chi connectivity index (χ1) is 8.81. The zero-order valence-corrected chi connectivity index (χ0v) is 9.42. The van der Waals surface area contributed by atoms with Gasteiger partial charge in [0, 0.05) is 16.0 Å². The van der Waals surface area contributed by atoms with E-state index in [1.54, 1.807) is 12.1 Å². The third-order valence-electron chi connectivity index (χ3n) is 3.01. The second-order valence-corrected chi connectivity index (χ2v) is 4.00. The molecule has 0 radical (unpaired) electrons. The van der Waals surface area contributed by atoms with Gasteiger partial charge in [0.05, 0.1) is 0 Å². The molecule has 0 bridgehead atoms. The number of hydrogen-bond acceptors (Lipinski definition) is 2. The molecule has 3 nitrogen and oxygen atoms in total. The van der Waals surface area contributed by atoms with Crippen LogP contribution in [0.1, 0.15) is 0 Å². The van der Waals surface area contributed by atoms with Crippen LogP contribution in [0.5, 0.6) is 5.75 Å². The van der Waals surface area contributed by atoms with Crippen molar-refractivity contribution in [2.75, 3.05) is 0 Å². The van der Waals surface area contributed by atoms with E-state index in [0.717, 1.165) is 26.8 Å². The fourth-order valence-electron chi connectivity index (χ4n) is 2.24. The van der Waals surface area contributed by atoms with Crippen LogP contribution in [0.15, 0.2) is 47.5 Å². The predicted octanol–water partition coefficient (Wildman–Crippen LogP) is 1.92. The Bertz CT molecular complexity index is 846. The van der Waals surface area contributed by atoms with E-state index in [-0.39, 0.29) is 5.75 Å². The number of carbonyl (C=O) groups is 1. The average Bonchev–Trinajstić information content (AvgIpc) is 2.41. The van der Waals surface area contributed by atoms with Crippen molar-refractivity contribution in [3.05, 3.63) is 47.7 Å². The lowest BCUT2D eigenvalue weighted by Crippen LogP contribution is -2.03. The van der Waals surface area contributed by atoms with Crippen LogP contribution in [0.4, 0.5) is 0 Å². The van der Waals surface area contributed by atoms with Gasteiger partial charge in [-0.1, -0.05) is 24.3 Å². The van der Waals surface area contributed by atoms with Crippen molar-refractivity contribution >= 4 is 33.8 Å². The highest BCUT2D eigenvalue weighted by atomic mass is 16.3. The summed E-state index contributed by atoms with van der Waals surface area (Å²) in [6.45, 7) is 0. The highest BCUT2D eigenvalue weighted by Gasteiger charge is 2.06. The first kappa shape index (κ1) is 10.5. The van der Waals surface area contributed by atoms with Crippen molar-refractivity contribution in [2.24, 2.45) is 4.99 Å². The van der Waals surface area contributed by atoms with Crippen LogP contribution >= 0.6 is 0 Å². The topological polar surface area (TPSA) is 49.7 Å². The van der Waals surface area contributed by atoms with Crippen LogP contribution in [0.25, 0.3) is 21.5 Å². The molecule has 0 fully saturated rings. The zero-order valence-electron chi connectivity index (χ0n) is 9.42.